The number of hydrogen-bond acceptors (Lipinski definition) is 2. The minimum Gasteiger partial charge on any atom is -0.492 e. The van der Waals surface area contributed by atoms with Crippen molar-refractivity contribution in [1.29, 1.82) is 0 Å². The molecule has 0 aliphatic heterocycles. The first-order chi connectivity index (χ1) is 7.15. The van der Waals surface area contributed by atoms with Crippen molar-refractivity contribution in [3.05, 3.63) is 28.5 Å². The summed E-state index contributed by atoms with van der Waals surface area (Å²) in [6.07, 6.45) is 1.70. The molecule has 1 aromatic rings. The molecular formula is C11H10ClFO2. The van der Waals surface area contributed by atoms with E-state index in [2.05, 4.69) is 0 Å². The molecule has 1 aliphatic carbocycles. The second kappa shape index (κ2) is 3.81. The number of carbonyl (C=O) groups is 1. The van der Waals surface area contributed by atoms with Gasteiger partial charge in [-0.05, 0) is 25.0 Å². The first kappa shape index (κ1) is 10.4. The minimum atomic E-state index is -0.651. The summed E-state index contributed by atoms with van der Waals surface area (Å²) < 4.78 is 18.5. The van der Waals surface area contributed by atoms with Crippen LogP contribution in [-0.2, 0) is 0 Å². The average molecular weight is 229 g/mol. The quantitative estimate of drug-likeness (QED) is 0.744. The van der Waals surface area contributed by atoms with Crippen LogP contribution in [-0.4, -0.2) is 12.9 Å². The van der Waals surface area contributed by atoms with E-state index in [0.717, 1.165) is 12.8 Å². The Balaban J connectivity index is 2.43. The standard InChI is InChI=1S/C11H10ClFO2/c1-15-11-8(12)5-4-7(9(11)13)10(14)6-2-3-6/h4-6H,2-3H2,1H3. The summed E-state index contributed by atoms with van der Waals surface area (Å²) in [7, 11) is 1.33. The molecule has 0 amide bonds. The van der Waals surface area contributed by atoms with E-state index in [4.69, 9.17) is 16.3 Å². The van der Waals surface area contributed by atoms with Gasteiger partial charge in [0.05, 0.1) is 17.7 Å². The van der Waals surface area contributed by atoms with E-state index in [1.54, 1.807) is 0 Å². The van der Waals surface area contributed by atoms with Crippen molar-refractivity contribution in [3.63, 3.8) is 0 Å². The smallest absolute Gasteiger partial charge is 0.177 e. The molecule has 15 heavy (non-hydrogen) atoms. The monoisotopic (exact) mass is 228 g/mol. The van der Waals surface area contributed by atoms with Crippen LogP contribution in [0, 0.1) is 11.7 Å². The van der Waals surface area contributed by atoms with Crippen LogP contribution in [0.25, 0.3) is 0 Å². The van der Waals surface area contributed by atoms with Crippen LogP contribution < -0.4 is 4.74 Å². The van der Waals surface area contributed by atoms with Crippen LogP contribution in [0.4, 0.5) is 4.39 Å². The van der Waals surface area contributed by atoms with Crippen LogP contribution in [0.5, 0.6) is 5.75 Å². The van der Waals surface area contributed by atoms with Gasteiger partial charge in [-0.2, -0.15) is 0 Å². The van der Waals surface area contributed by atoms with E-state index >= 15 is 0 Å². The van der Waals surface area contributed by atoms with Crippen molar-refractivity contribution in [1.82, 2.24) is 0 Å². The van der Waals surface area contributed by atoms with E-state index in [1.807, 2.05) is 0 Å². The van der Waals surface area contributed by atoms with Crippen LogP contribution in [0.2, 0.25) is 5.02 Å². The van der Waals surface area contributed by atoms with Gasteiger partial charge < -0.3 is 4.74 Å². The van der Waals surface area contributed by atoms with Crippen molar-refractivity contribution in [2.45, 2.75) is 12.8 Å². The maximum atomic E-state index is 13.7. The van der Waals surface area contributed by atoms with E-state index < -0.39 is 5.82 Å². The van der Waals surface area contributed by atoms with E-state index in [1.165, 1.54) is 19.2 Å². The third-order valence-corrected chi connectivity index (χ3v) is 2.76. The maximum absolute atomic E-state index is 13.7. The van der Waals surface area contributed by atoms with Crippen molar-refractivity contribution >= 4 is 17.4 Å². The van der Waals surface area contributed by atoms with Crippen LogP contribution >= 0.6 is 11.6 Å². The topological polar surface area (TPSA) is 26.3 Å². The molecule has 0 unspecified atom stereocenters. The molecule has 0 bridgehead atoms. The average Bonchev–Trinajstić information content (AvgIpc) is 3.01. The number of methoxy groups -OCH3 is 1. The van der Waals surface area contributed by atoms with Gasteiger partial charge in [-0.25, -0.2) is 4.39 Å². The fourth-order valence-corrected chi connectivity index (χ4v) is 1.70. The lowest BCUT2D eigenvalue weighted by atomic mass is 10.1. The lowest BCUT2D eigenvalue weighted by molar-refractivity contribution is 0.0963. The van der Waals surface area contributed by atoms with Gasteiger partial charge in [0.1, 0.15) is 0 Å². The number of Topliss-reactive ketones (excluding diaryl/α,β-unsaturated/α-hetero) is 1. The SMILES string of the molecule is COc1c(Cl)ccc(C(=O)C2CC2)c1F. The summed E-state index contributed by atoms with van der Waals surface area (Å²) in [6, 6.07) is 2.90. The summed E-state index contributed by atoms with van der Waals surface area (Å²) in [5.74, 6) is -0.863. The Morgan fingerprint density at radius 1 is 1.53 bits per heavy atom. The third-order valence-electron chi connectivity index (χ3n) is 2.47. The van der Waals surface area contributed by atoms with Crippen molar-refractivity contribution in [2.75, 3.05) is 7.11 Å². The summed E-state index contributed by atoms with van der Waals surface area (Å²) in [5.41, 5.74) is 0.0822. The minimum absolute atomic E-state index is 0.00891. The largest absolute Gasteiger partial charge is 0.492 e. The normalized spacial score (nSPS) is 15.1. The third kappa shape index (κ3) is 1.84. The number of halogens is 2. The maximum Gasteiger partial charge on any atom is 0.177 e. The highest BCUT2D eigenvalue weighted by Crippen LogP contribution is 2.36. The van der Waals surface area contributed by atoms with Crippen molar-refractivity contribution < 1.29 is 13.9 Å². The van der Waals surface area contributed by atoms with E-state index in [0.29, 0.717) is 0 Å². The molecule has 2 rings (SSSR count). The molecule has 1 aromatic carbocycles. The summed E-state index contributed by atoms with van der Waals surface area (Å²) in [5, 5.41) is 0.183. The molecule has 1 fully saturated rings. The number of benzene rings is 1. The molecule has 0 N–H and O–H groups in total. The Labute approximate surface area is 92.0 Å². The van der Waals surface area contributed by atoms with Gasteiger partial charge in [0, 0.05) is 5.92 Å². The van der Waals surface area contributed by atoms with Crippen molar-refractivity contribution in [3.8, 4) is 5.75 Å². The first-order valence-corrected chi connectivity index (χ1v) is 5.09. The Hall–Kier alpha value is -1.09. The zero-order valence-corrected chi connectivity index (χ0v) is 8.97. The fourth-order valence-electron chi connectivity index (χ4n) is 1.48. The predicted molar refractivity (Wildman–Crippen MR) is 55.0 cm³/mol. The Bertz CT molecular complexity index is 413. The molecule has 1 aliphatic rings. The van der Waals surface area contributed by atoms with Gasteiger partial charge in [0.15, 0.2) is 17.3 Å². The van der Waals surface area contributed by atoms with Gasteiger partial charge in [-0.15, -0.1) is 0 Å². The summed E-state index contributed by atoms with van der Waals surface area (Å²) in [6.45, 7) is 0. The van der Waals surface area contributed by atoms with Gasteiger partial charge in [-0.3, -0.25) is 4.79 Å². The van der Waals surface area contributed by atoms with Crippen LogP contribution in [0.15, 0.2) is 12.1 Å². The Morgan fingerprint density at radius 2 is 2.20 bits per heavy atom. The molecule has 0 radical (unpaired) electrons. The molecule has 4 heteroatoms. The Morgan fingerprint density at radius 3 is 2.73 bits per heavy atom. The highest BCUT2D eigenvalue weighted by molar-refractivity contribution is 6.32. The van der Waals surface area contributed by atoms with Crippen LogP contribution in [0.1, 0.15) is 23.2 Å². The molecular weight excluding hydrogens is 219 g/mol. The summed E-state index contributed by atoms with van der Waals surface area (Å²) in [4.78, 5) is 11.7. The highest BCUT2D eigenvalue weighted by Gasteiger charge is 2.33. The molecule has 0 atom stereocenters. The predicted octanol–water partition coefficient (Wildman–Crippen LogP) is 3.08. The number of carbonyl (C=O) groups excluding carboxylic acids is 1. The molecule has 2 nitrogen and oxygen atoms in total. The molecule has 0 heterocycles. The van der Waals surface area contributed by atoms with Gasteiger partial charge in [-0.1, -0.05) is 11.6 Å². The fraction of sp³-hybridized carbons (Fsp3) is 0.364. The zero-order chi connectivity index (χ0) is 11.0. The van der Waals surface area contributed by atoms with Gasteiger partial charge in [0.2, 0.25) is 0 Å². The number of rotatable bonds is 3. The lowest BCUT2D eigenvalue weighted by Gasteiger charge is -2.07. The number of ketones is 1. The molecule has 0 saturated heterocycles. The first-order valence-electron chi connectivity index (χ1n) is 4.71. The highest BCUT2D eigenvalue weighted by atomic mass is 35.5. The number of hydrogen-bond donors (Lipinski definition) is 0. The van der Waals surface area contributed by atoms with Gasteiger partial charge in [0.25, 0.3) is 0 Å². The molecule has 80 valence electrons. The molecule has 0 spiro atoms. The van der Waals surface area contributed by atoms with E-state index in [9.17, 15) is 9.18 Å². The number of ether oxygens (including phenoxy) is 1. The lowest BCUT2D eigenvalue weighted by Crippen LogP contribution is -2.06. The molecule has 0 aromatic heterocycles. The Kier molecular flexibility index (Phi) is 2.65. The van der Waals surface area contributed by atoms with Gasteiger partial charge >= 0.3 is 0 Å². The van der Waals surface area contributed by atoms with Crippen LogP contribution in [0.3, 0.4) is 0 Å². The van der Waals surface area contributed by atoms with Crippen molar-refractivity contribution in [2.24, 2.45) is 5.92 Å². The summed E-state index contributed by atoms with van der Waals surface area (Å²) >= 11 is 5.73. The van der Waals surface area contributed by atoms with E-state index in [-0.39, 0.29) is 28.0 Å². The zero-order valence-electron chi connectivity index (χ0n) is 8.22. The molecule has 1 saturated carbocycles. The second-order valence-electron chi connectivity index (χ2n) is 3.58. The second-order valence-corrected chi connectivity index (χ2v) is 3.99.